The topological polar surface area (TPSA) is 98.2 Å². The van der Waals surface area contributed by atoms with E-state index in [0.29, 0.717) is 63.8 Å². The van der Waals surface area contributed by atoms with Crippen molar-refractivity contribution in [2.75, 3.05) is 41.9 Å². The smallest absolute Gasteiger partial charge is 0.346 e. The van der Waals surface area contributed by atoms with Gasteiger partial charge in [-0.3, -0.25) is 9.10 Å². The molecule has 46 heavy (non-hydrogen) atoms. The van der Waals surface area contributed by atoms with Crippen LogP contribution in [0.25, 0.3) is 10.1 Å². The van der Waals surface area contributed by atoms with E-state index >= 15 is 0 Å². The summed E-state index contributed by atoms with van der Waals surface area (Å²) >= 11 is 12.2. The number of carbonyl (C=O) groups excluding carboxylic acids is 1. The van der Waals surface area contributed by atoms with Crippen molar-refractivity contribution < 1.29 is 23.1 Å². The summed E-state index contributed by atoms with van der Waals surface area (Å²) in [6, 6.07) is 21.4. The largest absolute Gasteiger partial charge is 0.477 e. The highest BCUT2D eigenvalue weighted by molar-refractivity contribution is 9.10. The minimum absolute atomic E-state index is 0.0225. The Bertz CT molecular complexity index is 2050. The molecule has 1 saturated heterocycles. The Kier molecular flexibility index (Phi) is 9.45. The summed E-state index contributed by atoms with van der Waals surface area (Å²) in [5.74, 6) is -1.06. The predicted molar refractivity (Wildman–Crippen MR) is 190 cm³/mol. The molecule has 2 aromatic heterocycles. The Labute approximate surface area is 288 Å². The van der Waals surface area contributed by atoms with Crippen LogP contribution in [0.5, 0.6) is 0 Å². The standard InChI is InChI=1S/C33H29BrClN3O5S3/c1-21-25-20-24(9-10-29(25)45-30(21)33(40)41)46(42,43)38(13-11-22-5-4-6-23(35)19-22)28-8-3-2-7-27(28)36-14-16-37(17-15-36)32(39)31-26(34)12-18-44-31/h2-10,12,18-20H,11,13-17H2,1H3,(H,40,41). The molecule has 13 heteroatoms. The van der Waals surface area contributed by atoms with E-state index in [9.17, 15) is 23.1 Å². The molecular weight excluding hydrogens is 730 g/mol. The summed E-state index contributed by atoms with van der Waals surface area (Å²) in [7, 11) is -4.11. The minimum atomic E-state index is -4.11. The van der Waals surface area contributed by atoms with E-state index < -0.39 is 16.0 Å². The maximum absolute atomic E-state index is 14.6. The Morgan fingerprint density at radius 2 is 1.74 bits per heavy atom. The molecule has 3 aromatic carbocycles. The maximum atomic E-state index is 14.6. The minimum Gasteiger partial charge on any atom is -0.477 e. The number of para-hydroxylation sites is 2. The Hall–Kier alpha value is -3.42. The van der Waals surface area contributed by atoms with Crippen LogP contribution in [-0.4, -0.2) is 63.0 Å². The second kappa shape index (κ2) is 13.4. The molecule has 8 nitrogen and oxygen atoms in total. The van der Waals surface area contributed by atoms with Gasteiger partial charge in [-0.25, -0.2) is 13.2 Å². The van der Waals surface area contributed by atoms with Crippen molar-refractivity contribution in [2.45, 2.75) is 18.2 Å². The number of hydrogen-bond donors (Lipinski definition) is 1. The zero-order valence-electron chi connectivity index (χ0n) is 24.7. The molecule has 0 radical (unpaired) electrons. The number of halogens is 2. The van der Waals surface area contributed by atoms with Crippen LogP contribution < -0.4 is 9.21 Å². The van der Waals surface area contributed by atoms with Gasteiger partial charge in [0.15, 0.2) is 0 Å². The van der Waals surface area contributed by atoms with Crippen LogP contribution in [0.4, 0.5) is 11.4 Å². The van der Waals surface area contributed by atoms with Crippen LogP contribution in [0.15, 0.2) is 87.5 Å². The number of amides is 1. The second-order valence-electron chi connectivity index (χ2n) is 10.8. The van der Waals surface area contributed by atoms with E-state index in [1.165, 1.54) is 15.6 Å². The average molecular weight is 759 g/mol. The number of fused-ring (bicyclic) bond motifs is 1. The number of aryl methyl sites for hydroxylation is 1. The second-order valence-corrected chi connectivity index (χ2v) is 16.0. The van der Waals surface area contributed by atoms with Crippen LogP contribution in [0, 0.1) is 6.92 Å². The summed E-state index contributed by atoms with van der Waals surface area (Å²) < 4.78 is 32.1. The summed E-state index contributed by atoms with van der Waals surface area (Å²) in [4.78, 5) is 29.8. The number of piperazine rings is 1. The van der Waals surface area contributed by atoms with Gasteiger partial charge < -0.3 is 14.9 Å². The Balaban J connectivity index is 1.35. The van der Waals surface area contributed by atoms with E-state index in [1.807, 2.05) is 58.8 Å². The van der Waals surface area contributed by atoms with Crippen molar-refractivity contribution in [1.82, 2.24) is 4.90 Å². The highest BCUT2D eigenvalue weighted by Crippen LogP contribution is 2.37. The molecule has 1 aliphatic heterocycles. The normalized spacial score (nSPS) is 13.7. The van der Waals surface area contributed by atoms with Gasteiger partial charge in [0.1, 0.15) is 9.75 Å². The summed E-state index contributed by atoms with van der Waals surface area (Å²) in [5, 5.41) is 12.7. The van der Waals surface area contributed by atoms with Crippen molar-refractivity contribution in [3.05, 3.63) is 109 Å². The van der Waals surface area contributed by atoms with Gasteiger partial charge in [-0.2, -0.15) is 0 Å². The van der Waals surface area contributed by atoms with Gasteiger partial charge in [0.05, 0.1) is 16.3 Å². The molecule has 6 rings (SSSR count). The van der Waals surface area contributed by atoms with Crippen molar-refractivity contribution in [2.24, 2.45) is 0 Å². The van der Waals surface area contributed by atoms with Gasteiger partial charge in [0, 0.05) is 46.9 Å². The third kappa shape index (κ3) is 6.41. The SMILES string of the molecule is Cc1c(C(=O)O)sc2ccc(S(=O)(=O)N(CCc3cccc(Cl)c3)c3ccccc3N3CCN(C(=O)c4sccc4Br)CC3)cc12. The number of carboxylic acid groups (broad SMARTS) is 1. The third-order valence-electron chi connectivity index (χ3n) is 8.05. The Morgan fingerprint density at radius 1 is 0.978 bits per heavy atom. The van der Waals surface area contributed by atoms with E-state index in [1.54, 1.807) is 31.2 Å². The summed E-state index contributed by atoms with van der Waals surface area (Å²) in [6.45, 7) is 3.90. The molecule has 1 amide bonds. The first-order valence-electron chi connectivity index (χ1n) is 14.4. The molecule has 0 aliphatic carbocycles. The summed E-state index contributed by atoms with van der Waals surface area (Å²) in [6.07, 6.45) is 0.412. The fourth-order valence-corrected chi connectivity index (χ4v) is 9.92. The Morgan fingerprint density at radius 3 is 2.43 bits per heavy atom. The lowest BCUT2D eigenvalue weighted by molar-refractivity contribution is 0.0700. The number of rotatable bonds is 9. The first kappa shape index (κ1) is 32.5. The van der Waals surface area contributed by atoms with E-state index in [4.69, 9.17) is 11.6 Å². The van der Waals surface area contributed by atoms with Gasteiger partial charge >= 0.3 is 5.97 Å². The fraction of sp³-hybridized carbons (Fsp3) is 0.212. The number of carbonyl (C=O) groups is 2. The molecule has 5 aromatic rings. The molecule has 0 spiro atoms. The van der Waals surface area contributed by atoms with E-state index in [0.717, 1.165) is 27.1 Å². The highest BCUT2D eigenvalue weighted by atomic mass is 79.9. The van der Waals surface area contributed by atoms with Crippen molar-refractivity contribution >= 4 is 93.6 Å². The lowest BCUT2D eigenvalue weighted by Crippen LogP contribution is -2.49. The first-order valence-corrected chi connectivity index (χ1v) is 18.7. The van der Waals surface area contributed by atoms with Crippen molar-refractivity contribution in [3.8, 4) is 0 Å². The first-order chi connectivity index (χ1) is 22.0. The van der Waals surface area contributed by atoms with Gasteiger partial charge in [0.2, 0.25) is 0 Å². The third-order valence-corrected chi connectivity index (χ3v) is 13.2. The lowest BCUT2D eigenvalue weighted by Gasteiger charge is -2.38. The number of hydrogen-bond acceptors (Lipinski definition) is 7. The van der Waals surface area contributed by atoms with Crippen LogP contribution >= 0.6 is 50.2 Å². The van der Waals surface area contributed by atoms with Crippen LogP contribution in [0.1, 0.15) is 30.5 Å². The number of aromatic carboxylic acids is 1. The molecule has 0 bridgehead atoms. The number of thiophene rings is 2. The highest BCUT2D eigenvalue weighted by Gasteiger charge is 2.31. The molecule has 1 N–H and O–H groups in total. The number of nitrogens with zero attached hydrogens (tertiary/aromatic N) is 3. The quantitative estimate of drug-likeness (QED) is 0.165. The molecule has 3 heterocycles. The summed E-state index contributed by atoms with van der Waals surface area (Å²) in [5.41, 5.74) is 2.71. The number of sulfonamides is 1. The molecule has 1 fully saturated rings. The van der Waals surface area contributed by atoms with Gasteiger partial charge in [-0.1, -0.05) is 35.9 Å². The number of carboxylic acids is 1. The monoisotopic (exact) mass is 757 g/mol. The van der Waals surface area contributed by atoms with Gasteiger partial charge in [-0.15, -0.1) is 22.7 Å². The maximum Gasteiger partial charge on any atom is 0.346 e. The van der Waals surface area contributed by atoms with Crippen LogP contribution in [-0.2, 0) is 16.4 Å². The fourth-order valence-electron chi connectivity index (χ4n) is 5.67. The van der Waals surface area contributed by atoms with Gasteiger partial charge in [0.25, 0.3) is 15.9 Å². The van der Waals surface area contributed by atoms with Crippen LogP contribution in [0.2, 0.25) is 5.02 Å². The lowest BCUT2D eigenvalue weighted by atomic mass is 10.1. The number of benzene rings is 3. The van der Waals surface area contributed by atoms with Crippen molar-refractivity contribution in [3.63, 3.8) is 0 Å². The zero-order chi connectivity index (χ0) is 32.6. The molecule has 1 aliphatic rings. The zero-order valence-corrected chi connectivity index (χ0v) is 29.4. The molecule has 0 saturated carbocycles. The molecule has 0 atom stereocenters. The van der Waals surface area contributed by atoms with E-state index in [2.05, 4.69) is 20.8 Å². The average Bonchev–Trinajstić information content (AvgIpc) is 3.63. The van der Waals surface area contributed by atoms with Crippen LogP contribution in [0.3, 0.4) is 0 Å². The molecule has 238 valence electrons. The number of anilines is 2. The van der Waals surface area contributed by atoms with E-state index in [-0.39, 0.29) is 22.2 Å². The molecular formula is C33H29BrClN3O5S3. The molecule has 0 unspecified atom stereocenters. The predicted octanol–water partition coefficient (Wildman–Crippen LogP) is 7.79. The van der Waals surface area contributed by atoms with Gasteiger partial charge in [-0.05, 0) is 99.7 Å². The van der Waals surface area contributed by atoms with Crippen molar-refractivity contribution in [1.29, 1.82) is 0 Å².